The largest absolute Gasteiger partial charge is 0.394 e. The van der Waals surface area contributed by atoms with Crippen molar-refractivity contribution >= 4 is 17.4 Å². The molecule has 3 N–H and O–H groups in total. The molecule has 0 heterocycles. The van der Waals surface area contributed by atoms with Gasteiger partial charge in [-0.25, -0.2) is 0 Å². The van der Waals surface area contributed by atoms with Gasteiger partial charge < -0.3 is 15.5 Å². The number of anilines is 1. The van der Waals surface area contributed by atoms with Crippen molar-refractivity contribution in [2.45, 2.75) is 16.8 Å². The fourth-order valence-electron chi connectivity index (χ4n) is 1.10. The van der Waals surface area contributed by atoms with E-state index in [4.69, 9.17) is 10.2 Å². The molecule has 0 aliphatic carbocycles. The van der Waals surface area contributed by atoms with Crippen molar-refractivity contribution in [2.75, 3.05) is 18.5 Å². The highest BCUT2D eigenvalue weighted by Gasteiger charge is 2.10. The third kappa shape index (κ3) is 4.34. The number of hydrogen-bond donors (Lipinski definition) is 3. The Balaban J connectivity index is 2.63. The minimum absolute atomic E-state index is 0.122. The average molecular weight is 249 g/mol. The second-order valence-corrected chi connectivity index (χ2v) is 4.12. The Morgan fingerprint density at radius 1 is 1.31 bits per heavy atom. The topological polar surface area (TPSA) is 52.5 Å². The van der Waals surface area contributed by atoms with Crippen molar-refractivity contribution in [2.24, 2.45) is 0 Å². The summed E-state index contributed by atoms with van der Waals surface area (Å²) >= 11 is 0.444. The van der Waals surface area contributed by atoms with Gasteiger partial charge in [-0.05, 0) is 12.1 Å². The first kappa shape index (κ1) is 13.2. The lowest BCUT2D eigenvalue weighted by Gasteiger charge is -2.13. The van der Waals surface area contributed by atoms with Crippen molar-refractivity contribution in [3.63, 3.8) is 0 Å². The number of halogens is 2. The van der Waals surface area contributed by atoms with Crippen molar-refractivity contribution in [3.8, 4) is 0 Å². The number of alkyl halides is 2. The molecule has 3 nitrogen and oxygen atoms in total. The molecule has 0 saturated heterocycles. The van der Waals surface area contributed by atoms with Crippen molar-refractivity contribution in [1.82, 2.24) is 0 Å². The van der Waals surface area contributed by atoms with Gasteiger partial charge in [-0.2, -0.15) is 8.78 Å². The summed E-state index contributed by atoms with van der Waals surface area (Å²) in [7, 11) is 0. The molecule has 0 spiro atoms. The lowest BCUT2D eigenvalue weighted by atomic mass is 10.3. The van der Waals surface area contributed by atoms with Crippen LogP contribution >= 0.6 is 11.8 Å². The van der Waals surface area contributed by atoms with E-state index in [1.807, 2.05) is 0 Å². The van der Waals surface area contributed by atoms with Crippen molar-refractivity contribution < 1.29 is 19.0 Å². The molecule has 0 aliphatic heterocycles. The van der Waals surface area contributed by atoms with Gasteiger partial charge in [0.15, 0.2) is 0 Å². The van der Waals surface area contributed by atoms with Crippen LogP contribution < -0.4 is 5.32 Å². The van der Waals surface area contributed by atoms with Crippen LogP contribution in [0, 0.1) is 0 Å². The van der Waals surface area contributed by atoms with Gasteiger partial charge in [0.1, 0.15) is 0 Å². The smallest absolute Gasteiger partial charge is 0.288 e. The van der Waals surface area contributed by atoms with Gasteiger partial charge in [0.05, 0.1) is 12.7 Å². The van der Waals surface area contributed by atoms with Gasteiger partial charge in [0, 0.05) is 17.1 Å². The summed E-state index contributed by atoms with van der Waals surface area (Å²) in [6.45, 7) is -0.242. The number of aliphatic hydroxyl groups is 2. The first-order valence-corrected chi connectivity index (χ1v) is 5.58. The first-order chi connectivity index (χ1) is 7.63. The predicted octanol–water partition coefficient (Wildman–Crippen LogP) is 1.77. The molecule has 1 atom stereocenters. The second-order valence-electron chi connectivity index (χ2n) is 3.09. The predicted molar refractivity (Wildman–Crippen MR) is 59.9 cm³/mol. The van der Waals surface area contributed by atoms with Gasteiger partial charge in [-0.3, -0.25) is 0 Å². The maximum Gasteiger partial charge on any atom is 0.288 e. The molecule has 0 radical (unpaired) electrons. The zero-order valence-electron chi connectivity index (χ0n) is 8.44. The van der Waals surface area contributed by atoms with Crippen LogP contribution in [-0.4, -0.2) is 35.2 Å². The Kier molecular flexibility index (Phi) is 5.51. The Hall–Kier alpha value is -0.850. The molecule has 1 aromatic carbocycles. The van der Waals surface area contributed by atoms with Crippen LogP contribution in [0.5, 0.6) is 0 Å². The Morgan fingerprint density at radius 3 is 2.62 bits per heavy atom. The monoisotopic (exact) mass is 249 g/mol. The fourth-order valence-corrected chi connectivity index (χ4v) is 1.72. The molecule has 1 rings (SSSR count). The summed E-state index contributed by atoms with van der Waals surface area (Å²) < 4.78 is 24.4. The Bertz CT molecular complexity index is 325. The van der Waals surface area contributed by atoms with Crippen LogP contribution in [-0.2, 0) is 0 Å². The number of hydrogen-bond acceptors (Lipinski definition) is 4. The molecule has 90 valence electrons. The van der Waals surface area contributed by atoms with Crippen molar-refractivity contribution in [1.29, 1.82) is 0 Å². The highest BCUT2D eigenvalue weighted by atomic mass is 32.2. The van der Waals surface area contributed by atoms with Crippen LogP contribution in [0.3, 0.4) is 0 Å². The molecule has 0 unspecified atom stereocenters. The number of thioether (sulfide) groups is 1. The summed E-state index contributed by atoms with van der Waals surface area (Å²) in [5, 5.41) is 20.5. The van der Waals surface area contributed by atoms with Crippen LogP contribution in [0.1, 0.15) is 0 Å². The summed E-state index contributed by atoms with van der Waals surface area (Å²) in [5.74, 6) is -2.48. The Labute approximate surface area is 96.5 Å². The van der Waals surface area contributed by atoms with E-state index in [2.05, 4.69) is 5.32 Å². The molecule has 0 aromatic heterocycles. The number of benzene rings is 1. The normalized spacial score (nSPS) is 12.8. The molecule has 6 heteroatoms. The van der Waals surface area contributed by atoms with Crippen LogP contribution in [0.4, 0.5) is 14.5 Å². The lowest BCUT2D eigenvalue weighted by molar-refractivity contribution is 0.105. The minimum atomic E-state index is -2.48. The van der Waals surface area contributed by atoms with Gasteiger partial charge in [0.2, 0.25) is 0 Å². The second kappa shape index (κ2) is 6.67. The molecule has 0 amide bonds. The molecular weight excluding hydrogens is 236 g/mol. The van der Waals surface area contributed by atoms with Gasteiger partial charge >= 0.3 is 0 Å². The maximum absolute atomic E-state index is 12.2. The molecule has 16 heavy (non-hydrogen) atoms. The standard InChI is InChI=1S/C10H13F2NO2S/c11-10(12)16-9-4-2-1-3-8(9)13-5-7(15)6-14/h1-4,7,10,13-15H,5-6H2/t7-/m0/s1. The van der Waals surface area contributed by atoms with Crippen LogP contribution in [0.2, 0.25) is 0 Å². The van der Waals surface area contributed by atoms with E-state index in [1.165, 1.54) is 0 Å². The minimum Gasteiger partial charge on any atom is -0.394 e. The SMILES string of the molecule is OC[C@@H](O)CNc1ccccc1SC(F)F. The molecule has 1 aromatic rings. The Morgan fingerprint density at radius 2 is 2.00 bits per heavy atom. The summed E-state index contributed by atoms with van der Waals surface area (Å²) in [6, 6.07) is 6.60. The van der Waals surface area contributed by atoms with Gasteiger partial charge in [-0.1, -0.05) is 23.9 Å². The van der Waals surface area contributed by atoms with Crippen molar-refractivity contribution in [3.05, 3.63) is 24.3 Å². The van der Waals surface area contributed by atoms with Gasteiger partial charge in [-0.15, -0.1) is 0 Å². The van der Waals surface area contributed by atoms with E-state index in [1.54, 1.807) is 24.3 Å². The lowest BCUT2D eigenvalue weighted by Crippen LogP contribution is -2.23. The molecule has 0 bridgehead atoms. The summed E-state index contributed by atoms with van der Waals surface area (Å²) in [6.07, 6.45) is -0.899. The highest BCUT2D eigenvalue weighted by molar-refractivity contribution is 7.99. The third-order valence-corrected chi connectivity index (χ3v) is 2.63. The number of aliphatic hydroxyl groups excluding tert-OH is 2. The molecular formula is C10H13F2NO2S. The summed E-state index contributed by atoms with van der Waals surface area (Å²) in [5.41, 5.74) is 0.528. The maximum atomic E-state index is 12.2. The number of nitrogens with one attached hydrogen (secondary N) is 1. The third-order valence-electron chi connectivity index (χ3n) is 1.84. The van der Waals surface area contributed by atoms with Gasteiger partial charge in [0.25, 0.3) is 5.76 Å². The van der Waals surface area contributed by atoms with E-state index in [0.717, 1.165) is 0 Å². The van der Waals surface area contributed by atoms with E-state index in [9.17, 15) is 8.78 Å². The van der Waals surface area contributed by atoms with Crippen LogP contribution in [0.15, 0.2) is 29.2 Å². The zero-order valence-corrected chi connectivity index (χ0v) is 9.25. The molecule has 0 aliphatic rings. The molecule has 0 fully saturated rings. The summed E-state index contributed by atoms with van der Waals surface area (Å²) in [4.78, 5) is 0.419. The first-order valence-electron chi connectivity index (χ1n) is 4.70. The van der Waals surface area contributed by atoms with E-state index >= 15 is 0 Å². The average Bonchev–Trinajstić information content (AvgIpc) is 2.26. The van der Waals surface area contributed by atoms with E-state index in [-0.39, 0.29) is 13.2 Å². The molecule has 0 saturated carbocycles. The fraction of sp³-hybridized carbons (Fsp3) is 0.400. The van der Waals surface area contributed by atoms with Crippen LogP contribution in [0.25, 0.3) is 0 Å². The number of rotatable bonds is 6. The van der Waals surface area contributed by atoms with E-state index < -0.39 is 11.9 Å². The zero-order chi connectivity index (χ0) is 12.0. The van der Waals surface area contributed by atoms with E-state index in [0.29, 0.717) is 22.3 Å². The highest BCUT2D eigenvalue weighted by Crippen LogP contribution is 2.31. The number of para-hydroxylation sites is 1. The quantitative estimate of drug-likeness (QED) is 0.672.